The molecule has 0 radical (unpaired) electrons. The number of nitrogens with zero attached hydrogens (tertiary/aromatic N) is 3. The highest BCUT2D eigenvalue weighted by Crippen LogP contribution is 2.53. The molecule has 0 aromatic heterocycles. The normalized spacial score (nSPS) is 19.9. The van der Waals surface area contributed by atoms with Crippen LogP contribution in [0.2, 0.25) is 0 Å². The van der Waals surface area contributed by atoms with Crippen LogP contribution in [0.4, 0.5) is 17.1 Å². The van der Waals surface area contributed by atoms with Crippen molar-refractivity contribution in [3.63, 3.8) is 0 Å². The van der Waals surface area contributed by atoms with E-state index in [4.69, 9.17) is 23.8 Å². The number of anilines is 2. The first-order valence-electron chi connectivity index (χ1n) is 12.4. The predicted molar refractivity (Wildman–Crippen MR) is 143 cm³/mol. The second-order valence-electron chi connectivity index (χ2n) is 8.97. The summed E-state index contributed by atoms with van der Waals surface area (Å²) in [6.45, 7) is 2.25. The number of non-ortho nitro benzene ring substituents is 1. The van der Waals surface area contributed by atoms with Gasteiger partial charge in [-0.05, 0) is 37.3 Å². The van der Waals surface area contributed by atoms with Crippen LogP contribution in [-0.2, 0) is 14.4 Å². The smallest absolute Gasteiger partial charge is 0.271 e. The van der Waals surface area contributed by atoms with E-state index in [9.17, 15) is 19.7 Å². The van der Waals surface area contributed by atoms with Crippen molar-refractivity contribution in [3.05, 3.63) is 76.3 Å². The molecule has 0 spiro atoms. The van der Waals surface area contributed by atoms with Crippen molar-refractivity contribution in [1.29, 1.82) is 0 Å². The molecule has 12 nitrogen and oxygen atoms in total. The van der Waals surface area contributed by atoms with Gasteiger partial charge in [0.15, 0.2) is 17.6 Å². The summed E-state index contributed by atoms with van der Waals surface area (Å²) in [5.74, 6) is -0.640. The number of rotatable bonds is 9. The van der Waals surface area contributed by atoms with E-state index in [0.29, 0.717) is 29.4 Å². The van der Waals surface area contributed by atoms with E-state index in [-0.39, 0.29) is 22.9 Å². The molecule has 0 bridgehead atoms. The fourth-order valence-electron chi connectivity index (χ4n) is 5.19. The lowest BCUT2D eigenvalue weighted by Gasteiger charge is -2.30. The number of amides is 2. The van der Waals surface area contributed by atoms with Crippen molar-refractivity contribution in [2.45, 2.75) is 19.1 Å². The number of carbonyl (C=O) groups is 2. The Bertz CT molecular complexity index is 1480. The van der Waals surface area contributed by atoms with Crippen LogP contribution in [0, 0.1) is 16.0 Å². The minimum absolute atomic E-state index is 0.178. The van der Waals surface area contributed by atoms with Crippen molar-refractivity contribution in [2.75, 3.05) is 37.9 Å². The molecule has 12 heteroatoms. The lowest BCUT2D eigenvalue weighted by atomic mass is 9.89. The number of ether oxygens (including phenoxy) is 4. The number of imide groups is 1. The Morgan fingerprint density at radius 3 is 2.30 bits per heavy atom. The summed E-state index contributed by atoms with van der Waals surface area (Å²) in [6, 6.07) is 14.9. The molecule has 2 heterocycles. The maximum absolute atomic E-state index is 14.0. The summed E-state index contributed by atoms with van der Waals surface area (Å²) in [7, 11) is 4.38. The highest BCUT2D eigenvalue weighted by Gasteiger charge is 2.61. The monoisotopic (exact) mass is 549 g/mol. The zero-order chi connectivity index (χ0) is 28.6. The van der Waals surface area contributed by atoms with Crippen LogP contribution in [0.1, 0.15) is 18.5 Å². The van der Waals surface area contributed by atoms with Crippen LogP contribution in [0.5, 0.6) is 23.0 Å². The third kappa shape index (κ3) is 4.31. The first-order valence-corrected chi connectivity index (χ1v) is 12.4. The Balaban J connectivity index is 1.66. The summed E-state index contributed by atoms with van der Waals surface area (Å²) in [5.41, 5.74) is 0.920. The van der Waals surface area contributed by atoms with Crippen molar-refractivity contribution < 1.29 is 38.3 Å². The number of nitro groups is 1. The zero-order valence-corrected chi connectivity index (χ0v) is 22.2. The van der Waals surface area contributed by atoms with Gasteiger partial charge in [-0.3, -0.25) is 24.5 Å². The van der Waals surface area contributed by atoms with Crippen LogP contribution >= 0.6 is 0 Å². The van der Waals surface area contributed by atoms with Gasteiger partial charge in [-0.25, -0.2) is 9.96 Å². The summed E-state index contributed by atoms with van der Waals surface area (Å²) in [4.78, 5) is 46.0. The SMILES string of the molecule is CCOc1cccc(N2C(=O)[C@H]3[C@H](ON(c4cccc([N+](=O)[O-])c4)[C@H]3c3ccc(OC)c(OC)c3OC)C2=O)c1. The molecule has 2 aliphatic rings. The zero-order valence-electron chi connectivity index (χ0n) is 22.2. The van der Waals surface area contributed by atoms with E-state index < -0.39 is 34.8 Å². The topological polar surface area (TPSA) is 130 Å². The van der Waals surface area contributed by atoms with E-state index in [0.717, 1.165) is 4.90 Å². The van der Waals surface area contributed by atoms with Crippen LogP contribution in [-0.4, -0.2) is 50.8 Å². The molecule has 3 atom stereocenters. The fraction of sp³-hybridized carbons (Fsp3) is 0.286. The van der Waals surface area contributed by atoms with Crippen LogP contribution in [0.25, 0.3) is 0 Å². The van der Waals surface area contributed by atoms with Gasteiger partial charge in [0.25, 0.3) is 11.6 Å². The number of carbonyl (C=O) groups excluding carboxylic acids is 2. The minimum Gasteiger partial charge on any atom is -0.494 e. The summed E-state index contributed by atoms with van der Waals surface area (Å²) < 4.78 is 22.2. The van der Waals surface area contributed by atoms with E-state index in [1.807, 2.05) is 6.92 Å². The average Bonchev–Trinajstić information content (AvgIpc) is 3.47. The summed E-state index contributed by atoms with van der Waals surface area (Å²) in [5, 5.41) is 12.9. The Hall–Kier alpha value is -4.84. The van der Waals surface area contributed by atoms with Gasteiger partial charge in [-0.15, -0.1) is 0 Å². The van der Waals surface area contributed by atoms with Gasteiger partial charge < -0.3 is 18.9 Å². The molecule has 0 N–H and O–H groups in total. The van der Waals surface area contributed by atoms with Gasteiger partial charge in [0.05, 0.1) is 44.2 Å². The Kier molecular flexibility index (Phi) is 7.18. The van der Waals surface area contributed by atoms with Gasteiger partial charge >= 0.3 is 0 Å². The molecule has 0 aliphatic carbocycles. The molecule has 2 saturated heterocycles. The lowest BCUT2D eigenvalue weighted by Crippen LogP contribution is -2.37. The minimum atomic E-state index is -1.20. The number of fused-ring (bicyclic) bond motifs is 1. The molecular formula is C28H27N3O9. The molecule has 5 rings (SSSR count). The Morgan fingerprint density at radius 2 is 1.62 bits per heavy atom. The average molecular weight is 550 g/mol. The van der Waals surface area contributed by atoms with Crippen molar-refractivity contribution in [1.82, 2.24) is 0 Å². The van der Waals surface area contributed by atoms with Gasteiger partial charge in [-0.2, -0.15) is 0 Å². The molecule has 0 unspecified atom stereocenters. The summed E-state index contributed by atoms with van der Waals surface area (Å²) in [6.07, 6.45) is -1.20. The third-order valence-corrected chi connectivity index (χ3v) is 6.85. The molecule has 40 heavy (non-hydrogen) atoms. The number of nitro benzene ring substituents is 1. The lowest BCUT2D eigenvalue weighted by molar-refractivity contribution is -0.384. The molecule has 208 valence electrons. The number of methoxy groups -OCH3 is 3. The highest BCUT2D eigenvalue weighted by molar-refractivity contribution is 6.24. The summed E-state index contributed by atoms with van der Waals surface area (Å²) >= 11 is 0. The standard InChI is InChI=1S/C28H27N3O9/c1-5-39-19-11-7-8-16(15-19)29-27(32)22-23(20-12-13-21(36-2)25(38-4)24(20)37-3)30(40-26(22)28(29)33)17-9-6-10-18(14-17)31(34)35/h6-15,22-23,26H,5H2,1-4H3/t22-,23+,26+/m1/s1. The van der Waals surface area contributed by atoms with E-state index in [1.54, 1.807) is 42.5 Å². The maximum atomic E-state index is 14.0. The largest absolute Gasteiger partial charge is 0.494 e. The number of hydrogen-bond acceptors (Lipinski definition) is 10. The maximum Gasteiger partial charge on any atom is 0.271 e. The van der Waals surface area contributed by atoms with Gasteiger partial charge in [0, 0.05) is 23.8 Å². The van der Waals surface area contributed by atoms with Gasteiger partial charge in [-0.1, -0.05) is 12.1 Å². The molecule has 3 aromatic rings. The second kappa shape index (κ2) is 10.7. The van der Waals surface area contributed by atoms with Crippen molar-refractivity contribution in [3.8, 4) is 23.0 Å². The molecule has 2 fully saturated rings. The number of benzene rings is 3. The first-order chi connectivity index (χ1) is 19.3. The first kappa shape index (κ1) is 26.8. The van der Waals surface area contributed by atoms with Crippen LogP contribution in [0.15, 0.2) is 60.7 Å². The Morgan fingerprint density at radius 1 is 0.900 bits per heavy atom. The number of hydrogen-bond donors (Lipinski definition) is 0. The van der Waals surface area contributed by atoms with Crippen molar-refractivity contribution >= 4 is 28.9 Å². The molecule has 2 aliphatic heterocycles. The van der Waals surface area contributed by atoms with E-state index in [2.05, 4.69) is 0 Å². The third-order valence-electron chi connectivity index (χ3n) is 6.85. The van der Waals surface area contributed by atoms with E-state index in [1.165, 1.54) is 44.6 Å². The van der Waals surface area contributed by atoms with Gasteiger partial charge in [0.1, 0.15) is 17.7 Å². The van der Waals surface area contributed by atoms with E-state index >= 15 is 0 Å². The Labute approximate surface area is 229 Å². The highest BCUT2D eigenvalue weighted by atomic mass is 16.7. The predicted octanol–water partition coefficient (Wildman–Crippen LogP) is 4.07. The van der Waals surface area contributed by atoms with Crippen LogP contribution < -0.4 is 28.9 Å². The van der Waals surface area contributed by atoms with Crippen LogP contribution in [0.3, 0.4) is 0 Å². The molecule has 3 aromatic carbocycles. The van der Waals surface area contributed by atoms with Crippen molar-refractivity contribution in [2.24, 2.45) is 5.92 Å². The fourth-order valence-corrected chi connectivity index (χ4v) is 5.19. The molecule has 0 saturated carbocycles. The molecule has 2 amide bonds. The second-order valence-corrected chi connectivity index (χ2v) is 8.97. The quantitative estimate of drug-likeness (QED) is 0.219. The molecular weight excluding hydrogens is 522 g/mol. The van der Waals surface area contributed by atoms with Gasteiger partial charge in [0.2, 0.25) is 11.7 Å². The number of hydroxylamine groups is 1.